The largest absolute Gasteiger partial charge is 0.466 e. The van der Waals surface area contributed by atoms with Gasteiger partial charge in [0.15, 0.2) is 0 Å². The second-order valence-corrected chi connectivity index (χ2v) is 3.70. The Hall–Kier alpha value is -1.13. The van der Waals surface area contributed by atoms with Crippen LogP contribution in [0.15, 0.2) is 18.2 Å². The number of hydrogen-bond donors (Lipinski definition) is 1. The molecule has 0 aliphatic heterocycles. The number of benzene rings is 1. The highest BCUT2D eigenvalue weighted by Crippen LogP contribution is 2.21. The number of rotatable bonds is 4. The Bertz CT molecular complexity index is 384. The van der Waals surface area contributed by atoms with Crippen LogP contribution in [0.25, 0.3) is 0 Å². The second kappa shape index (κ2) is 5.82. The smallest absolute Gasteiger partial charge is 0.307 e. The molecule has 1 aromatic rings. The lowest BCUT2D eigenvalue weighted by Gasteiger charge is -2.11. The van der Waals surface area contributed by atoms with E-state index in [0.29, 0.717) is 12.2 Å². The topological polar surface area (TPSA) is 52.3 Å². The first-order chi connectivity index (χ1) is 7.54. The van der Waals surface area contributed by atoms with Crippen LogP contribution < -0.4 is 5.73 Å². The standard InChI is InChI=1S/C11H13ClFNO2/c1-2-16-11(15)6-10(14)7-3-4-8(12)9(13)5-7/h3-5,10H,2,6,14H2,1H3/t10-/m0/s1. The summed E-state index contributed by atoms with van der Waals surface area (Å²) in [5.74, 6) is -0.941. The van der Waals surface area contributed by atoms with Gasteiger partial charge in [-0.25, -0.2) is 4.39 Å². The van der Waals surface area contributed by atoms with Gasteiger partial charge in [-0.1, -0.05) is 17.7 Å². The van der Waals surface area contributed by atoms with Crippen LogP contribution in [0.3, 0.4) is 0 Å². The monoisotopic (exact) mass is 245 g/mol. The van der Waals surface area contributed by atoms with Gasteiger partial charge in [0.25, 0.3) is 0 Å². The Morgan fingerprint density at radius 3 is 2.88 bits per heavy atom. The molecule has 0 aromatic heterocycles. The van der Waals surface area contributed by atoms with Gasteiger partial charge in [-0.2, -0.15) is 0 Å². The average molecular weight is 246 g/mol. The summed E-state index contributed by atoms with van der Waals surface area (Å²) in [6.07, 6.45) is 0.0227. The number of ether oxygens (including phenoxy) is 1. The zero-order valence-electron chi connectivity index (χ0n) is 8.87. The van der Waals surface area contributed by atoms with Crippen molar-refractivity contribution in [3.05, 3.63) is 34.6 Å². The van der Waals surface area contributed by atoms with Crippen LogP contribution in [0.1, 0.15) is 24.9 Å². The Balaban J connectivity index is 2.69. The molecule has 2 N–H and O–H groups in total. The summed E-state index contributed by atoms with van der Waals surface area (Å²) in [7, 11) is 0. The van der Waals surface area contributed by atoms with Gasteiger partial charge in [-0.3, -0.25) is 4.79 Å². The minimum Gasteiger partial charge on any atom is -0.466 e. The third-order valence-electron chi connectivity index (χ3n) is 2.06. The van der Waals surface area contributed by atoms with Crippen LogP contribution in [0.2, 0.25) is 5.02 Å². The summed E-state index contributed by atoms with van der Waals surface area (Å²) in [5.41, 5.74) is 6.26. The Morgan fingerprint density at radius 1 is 1.62 bits per heavy atom. The molecule has 0 aliphatic carbocycles. The van der Waals surface area contributed by atoms with Crippen molar-refractivity contribution in [1.29, 1.82) is 0 Å². The summed E-state index contributed by atoms with van der Waals surface area (Å²) in [5, 5.41) is 0.0343. The lowest BCUT2D eigenvalue weighted by Crippen LogP contribution is -2.17. The molecule has 16 heavy (non-hydrogen) atoms. The van der Waals surface area contributed by atoms with E-state index in [-0.39, 0.29) is 11.4 Å². The van der Waals surface area contributed by atoms with E-state index in [9.17, 15) is 9.18 Å². The first kappa shape index (κ1) is 12.9. The number of carbonyl (C=O) groups is 1. The van der Waals surface area contributed by atoms with Crippen molar-refractivity contribution >= 4 is 17.6 Å². The van der Waals surface area contributed by atoms with E-state index in [1.165, 1.54) is 12.1 Å². The van der Waals surface area contributed by atoms with E-state index < -0.39 is 17.8 Å². The molecule has 0 saturated heterocycles. The molecule has 88 valence electrons. The third-order valence-corrected chi connectivity index (χ3v) is 2.37. The van der Waals surface area contributed by atoms with E-state index in [0.717, 1.165) is 0 Å². The molecule has 1 aromatic carbocycles. The summed E-state index contributed by atoms with van der Waals surface area (Å²) in [4.78, 5) is 11.2. The lowest BCUT2D eigenvalue weighted by molar-refractivity contribution is -0.143. The fourth-order valence-electron chi connectivity index (χ4n) is 1.26. The molecule has 5 heteroatoms. The maximum absolute atomic E-state index is 13.1. The number of carbonyl (C=O) groups excluding carboxylic acids is 1. The zero-order chi connectivity index (χ0) is 12.1. The van der Waals surface area contributed by atoms with Gasteiger partial charge in [-0.15, -0.1) is 0 Å². The molecule has 0 fully saturated rings. The molecular weight excluding hydrogens is 233 g/mol. The van der Waals surface area contributed by atoms with Gasteiger partial charge in [0.1, 0.15) is 5.82 Å². The molecule has 0 radical (unpaired) electrons. The average Bonchev–Trinajstić information content (AvgIpc) is 2.22. The zero-order valence-corrected chi connectivity index (χ0v) is 9.63. The van der Waals surface area contributed by atoms with E-state index >= 15 is 0 Å². The molecule has 0 heterocycles. The lowest BCUT2D eigenvalue weighted by atomic mass is 10.0. The van der Waals surface area contributed by atoms with Crippen molar-refractivity contribution in [3.8, 4) is 0 Å². The molecule has 0 aliphatic rings. The third kappa shape index (κ3) is 3.47. The quantitative estimate of drug-likeness (QED) is 0.829. The van der Waals surface area contributed by atoms with Crippen LogP contribution in [0.5, 0.6) is 0 Å². The summed E-state index contributed by atoms with van der Waals surface area (Å²) in [6.45, 7) is 2.02. The maximum atomic E-state index is 13.1. The predicted octanol–water partition coefficient (Wildman–Crippen LogP) is 2.43. The first-order valence-corrected chi connectivity index (χ1v) is 5.28. The minimum absolute atomic E-state index is 0.0227. The van der Waals surface area contributed by atoms with Crippen LogP contribution >= 0.6 is 11.6 Å². The van der Waals surface area contributed by atoms with Crippen LogP contribution in [0.4, 0.5) is 4.39 Å². The second-order valence-electron chi connectivity index (χ2n) is 3.29. The summed E-state index contributed by atoms with van der Waals surface area (Å²) < 4.78 is 17.9. The normalized spacial score (nSPS) is 12.2. The highest BCUT2D eigenvalue weighted by atomic mass is 35.5. The molecule has 3 nitrogen and oxygen atoms in total. The first-order valence-electron chi connectivity index (χ1n) is 4.90. The molecule has 0 amide bonds. The van der Waals surface area contributed by atoms with Crippen molar-refractivity contribution in [2.75, 3.05) is 6.61 Å². The molecule has 0 saturated carbocycles. The van der Waals surface area contributed by atoms with E-state index in [2.05, 4.69) is 0 Å². The van der Waals surface area contributed by atoms with E-state index in [4.69, 9.17) is 22.1 Å². The minimum atomic E-state index is -0.578. The highest BCUT2D eigenvalue weighted by Gasteiger charge is 2.13. The molecule has 1 atom stereocenters. The molecule has 1 rings (SSSR count). The summed E-state index contributed by atoms with van der Waals surface area (Å²) in [6, 6.07) is 3.66. The molecular formula is C11H13ClFNO2. The van der Waals surface area contributed by atoms with Crippen molar-refractivity contribution in [1.82, 2.24) is 0 Å². The van der Waals surface area contributed by atoms with E-state index in [1.54, 1.807) is 13.0 Å². The van der Waals surface area contributed by atoms with Crippen molar-refractivity contribution in [2.24, 2.45) is 5.73 Å². The predicted molar refractivity (Wildman–Crippen MR) is 59.6 cm³/mol. The van der Waals surface area contributed by atoms with Crippen LogP contribution in [0, 0.1) is 5.82 Å². The number of nitrogens with two attached hydrogens (primary N) is 1. The van der Waals surface area contributed by atoms with Gasteiger partial charge in [-0.05, 0) is 24.6 Å². The fourth-order valence-corrected chi connectivity index (χ4v) is 1.38. The van der Waals surface area contributed by atoms with E-state index in [1.807, 2.05) is 0 Å². The van der Waals surface area contributed by atoms with Crippen molar-refractivity contribution in [2.45, 2.75) is 19.4 Å². The number of hydrogen-bond acceptors (Lipinski definition) is 3. The molecule has 0 unspecified atom stereocenters. The van der Waals surface area contributed by atoms with Gasteiger partial charge >= 0.3 is 5.97 Å². The van der Waals surface area contributed by atoms with Crippen LogP contribution in [-0.4, -0.2) is 12.6 Å². The maximum Gasteiger partial charge on any atom is 0.307 e. The number of esters is 1. The molecule has 0 bridgehead atoms. The Labute approximate surface area is 98.3 Å². The molecule has 0 spiro atoms. The highest BCUT2D eigenvalue weighted by molar-refractivity contribution is 6.30. The Morgan fingerprint density at radius 2 is 2.31 bits per heavy atom. The SMILES string of the molecule is CCOC(=O)C[C@H](N)c1ccc(Cl)c(F)c1. The fraction of sp³-hybridized carbons (Fsp3) is 0.364. The van der Waals surface area contributed by atoms with Crippen molar-refractivity contribution < 1.29 is 13.9 Å². The van der Waals surface area contributed by atoms with Crippen molar-refractivity contribution in [3.63, 3.8) is 0 Å². The summed E-state index contributed by atoms with van der Waals surface area (Å²) >= 11 is 5.53. The number of halogens is 2. The van der Waals surface area contributed by atoms with Gasteiger partial charge in [0.05, 0.1) is 18.1 Å². The van der Waals surface area contributed by atoms with Gasteiger partial charge in [0.2, 0.25) is 0 Å². The van der Waals surface area contributed by atoms with Gasteiger partial charge in [0, 0.05) is 6.04 Å². The van der Waals surface area contributed by atoms with Crippen LogP contribution in [-0.2, 0) is 9.53 Å². The van der Waals surface area contributed by atoms with Gasteiger partial charge < -0.3 is 10.5 Å². The Kier molecular flexibility index (Phi) is 4.71.